The number of aryl methyl sites for hydroxylation is 1. The van der Waals surface area contributed by atoms with Gasteiger partial charge in [-0.25, -0.2) is 27.0 Å². The quantitative estimate of drug-likeness (QED) is 0.104. The van der Waals surface area contributed by atoms with E-state index in [-0.39, 0.29) is 40.2 Å². The lowest BCUT2D eigenvalue weighted by molar-refractivity contribution is -0.118. The Morgan fingerprint density at radius 3 is 2.36 bits per heavy atom. The third kappa shape index (κ3) is 9.75. The summed E-state index contributed by atoms with van der Waals surface area (Å²) >= 11 is 0. The first kappa shape index (κ1) is 40.0. The fourth-order valence-electron chi connectivity index (χ4n) is 6.77. The largest absolute Gasteiger partial charge is 0.507 e. The summed E-state index contributed by atoms with van der Waals surface area (Å²) < 4.78 is 38.9. The summed E-state index contributed by atoms with van der Waals surface area (Å²) in [5.74, 6) is -0.806. The number of hydrogen-bond donors (Lipinski definition) is 3. The van der Waals surface area contributed by atoms with Crippen LogP contribution in [0, 0.1) is 12.8 Å². The van der Waals surface area contributed by atoms with Crippen molar-refractivity contribution in [3.8, 4) is 5.75 Å². The van der Waals surface area contributed by atoms with Crippen LogP contribution in [0.3, 0.4) is 0 Å². The zero-order chi connectivity index (χ0) is 40.2. The van der Waals surface area contributed by atoms with E-state index in [1.807, 2.05) is 50.2 Å². The van der Waals surface area contributed by atoms with Crippen molar-refractivity contribution in [3.63, 3.8) is 0 Å². The lowest BCUT2D eigenvalue weighted by Crippen LogP contribution is -2.47. The first-order chi connectivity index (χ1) is 26.6. The van der Waals surface area contributed by atoms with Gasteiger partial charge in [0.05, 0.1) is 16.2 Å². The highest BCUT2D eigenvalue weighted by atomic mass is 32.2. The molecule has 12 nitrogen and oxygen atoms in total. The van der Waals surface area contributed by atoms with E-state index in [1.165, 1.54) is 18.3 Å². The summed E-state index contributed by atoms with van der Waals surface area (Å²) in [6.07, 6.45) is 4.53. The van der Waals surface area contributed by atoms with E-state index < -0.39 is 45.2 Å². The van der Waals surface area contributed by atoms with Crippen molar-refractivity contribution in [1.82, 2.24) is 14.3 Å². The lowest BCUT2D eigenvalue weighted by atomic mass is 9.86. The van der Waals surface area contributed by atoms with Gasteiger partial charge in [-0.1, -0.05) is 67.1 Å². The summed E-state index contributed by atoms with van der Waals surface area (Å²) in [4.78, 5) is 44.8. The predicted octanol–water partition coefficient (Wildman–Crippen LogP) is 7.44. The van der Waals surface area contributed by atoms with Crippen LogP contribution in [0.4, 0.5) is 10.5 Å². The summed E-state index contributed by atoms with van der Waals surface area (Å²) in [5.41, 5.74) is 2.06. The number of amides is 2. The van der Waals surface area contributed by atoms with Crippen molar-refractivity contribution >= 4 is 27.7 Å². The third-order valence-corrected chi connectivity index (χ3v) is 11.4. The average molecular weight is 781 g/mol. The number of rotatable bonds is 14. The zero-order valence-corrected chi connectivity index (χ0v) is 33.0. The molecule has 1 fully saturated rings. The van der Waals surface area contributed by atoms with Crippen molar-refractivity contribution in [1.29, 1.82) is 0 Å². The van der Waals surface area contributed by atoms with E-state index in [0.29, 0.717) is 29.9 Å². The number of nitrogens with zero attached hydrogens (tertiary/aromatic N) is 2. The van der Waals surface area contributed by atoms with Crippen LogP contribution in [-0.4, -0.2) is 46.1 Å². The second-order valence-corrected chi connectivity index (χ2v) is 17.2. The van der Waals surface area contributed by atoms with Crippen molar-refractivity contribution in [2.75, 3.05) is 5.32 Å². The van der Waals surface area contributed by atoms with Crippen molar-refractivity contribution in [2.24, 2.45) is 5.92 Å². The van der Waals surface area contributed by atoms with Gasteiger partial charge in [-0.15, -0.1) is 0 Å². The molecule has 1 aliphatic rings. The molecule has 0 saturated heterocycles. The first-order valence-corrected chi connectivity index (χ1v) is 20.2. The standard InChI is InChI=1S/C43H48N4O8S/c1-6-29(21-28-11-8-7-9-12-28)37-24-36(48)39(41(50)54-37)38(30-17-18-30)31-13-10-14-32(22-31)45-40(49)35(46-42(51)55-43(3,4)5)23-33-25-47(26-44-33)56(52,53)34-19-15-27(2)16-20-34/h7-16,19-20,22,24-26,29-30,35,38,48H,6,17-18,21,23H2,1-5H3,(H,45,49)(H,46,51)/t29?,35-,38?/m0/s1. The van der Waals surface area contributed by atoms with E-state index in [1.54, 1.807) is 57.2 Å². The van der Waals surface area contributed by atoms with Gasteiger partial charge in [0.15, 0.2) is 0 Å². The van der Waals surface area contributed by atoms with Crippen molar-refractivity contribution in [2.45, 2.75) is 95.1 Å². The molecule has 56 heavy (non-hydrogen) atoms. The SMILES string of the molecule is CCC(Cc1ccccc1)c1cc(O)c(C(c2cccc(NC(=O)[C@H](Cc3cn(S(=O)(=O)c4ccc(C)cc4)cn3)NC(=O)OC(C)(C)C)c2)C2CC2)c(=O)o1. The van der Waals surface area contributed by atoms with Gasteiger partial charge in [-0.3, -0.25) is 4.79 Å². The van der Waals surface area contributed by atoms with E-state index in [2.05, 4.69) is 15.6 Å². The van der Waals surface area contributed by atoms with Crippen molar-refractivity contribution < 1.29 is 32.3 Å². The molecule has 0 bridgehead atoms. The summed E-state index contributed by atoms with van der Waals surface area (Å²) in [5, 5.41) is 16.9. The summed E-state index contributed by atoms with van der Waals surface area (Å²) in [6.45, 7) is 8.95. The van der Waals surface area contributed by atoms with Gasteiger partial charge >= 0.3 is 11.7 Å². The molecule has 5 aromatic rings. The number of nitrogens with one attached hydrogen (secondary N) is 2. The van der Waals surface area contributed by atoms with Crippen LogP contribution >= 0.6 is 0 Å². The van der Waals surface area contributed by atoms with Gasteiger partial charge in [-0.2, -0.15) is 0 Å². The topological polar surface area (TPSA) is 170 Å². The average Bonchev–Trinajstić information content (AvgIpc) is 3.87. The van der Waals surface area contributed by atoms with E-state index >= 15 is 0 Å². The Labute approximate surface area is 327 Å². The molecule has 3 atom stereocenters. The second kappa shape index (κ2) is 16.6. The molecule has 1 aliphatic carbocycles. The number of aromatic hydroxyl groups is 1. The molecule has 2 aromatic heterocycles. The Hall–Kier alpha value is -5.69. The number of ether oxygens (including phenoxy) is 1. The monoisotopic (exact) mass is 780 g/mol. The zero-order valence-electron chi connectivity index (χ0n) is 32.2. The Kier molecular flexibility index (Phi) is 11.8. The number of anilines is 1. The molecule has 6 rings (SSSR count). The minimum atomic E-state index is -3.96. The number of aromatic nitrogens is 2. The molecule has 13 heteroatoms. The third-order valence-electron chi connectivity index (χ3n) is 9.75. The molecule has 2 heterocycles. The molecule has 0 aliphatic heterocycles. The van der Waals surface area contributed by atoms with Gasteiger partial charge in [0.1, 0.15) is 29.5 Å². The van der Waals surface area contributed by atoms with Crippen LogP contribution in [0.2, 0.25) is 0 Å². The number of imidazole rings is 1. The number of alkyl carbamates (subject to hydrolysis) is 1. The highest BCUT2D eigenvalue weighted by Crippen LogP contribution is 2.48. The highest BCUT2D eigenvalue weighted by molar-refractivity contribution is 7.90. The Morgan fingerprint density at radius 2 is 1.71 bits per heavy atom. The fourth-order valence-corrected chi connectivity index (χ4v) is 7.92. The van der Waals surface area contributed by atoms with E-state index in [4.69, 9.17) is 9.15 Å². The highest BCUT2D eigenvalue weighted by Gasteiger charge is 2.38. The van der Waals surface area contributed by atoms with Crippen LogP contribution in [-0.2, 0) is 32.4 Å². The van der Waals surface area contributed by atoms with Gasteiger partial charge in [0.2, 0.25) is 5.91 Å². The molecule has 2 unspecified atom stereocenters. The van der Waals surface area contributed by atoms with E-state index in [9.17, 15) is 27.9 Å². The maximum absolute atomic E-state index is 13.9. The van der Waals surface area contributed by atoms with E-state index in [0.717, 1.165) is 34.3 Å². The molecule has 0 radical (unpaired) electrons. The number of carbonyl (C=O) groups is 2. The number of benzene rings is 3. The van der Waals surface area contributed by atoms with Crippen LogP contribution in [0.1, 0.15) is 92.5 Å². The van der Waals surface area contributed by atoms with Gasteiger partial charge in [0, 0.05) is 36.2 Å². The van der Waals surface area contributed by atoms with Crippen LogP contribution in [0.25, 0.3) is 0 Å². The predicted molar refractivity (Wildman–Crippen MR) is 212 cm³/mol. The normalized spacial score (nSPS) is 14.7. The number of hydrogen-bond acceptors (Lipinski definition) is 9. The lowest BCUT2D eigenvalue weighted by Gasteiger charge is -2.23. The number of carbonyl (C=O) groups excluding carboxylic acids is 2. The van der Waals surface area contributed by atoms with Crippen LogP contribution in [0.15, 0.2) is 112 Å². The molecule has 1 saturated carbocycles. The van der Waals surface area contributed by atoms with Crippen LogP contribution < -0.4 is 16.3 Å². The fraction of sp³-hybridized carbons (Fsp3) is 0.349. The Balaban J connectivity index is 1.24. The van der Waals surface area contributed by atoms with Gasteiger partial charge < -0.3 is 24.9 Å². The smallest absolute Gasteiger partial charge is 0.408 e. The Bertz CT molecular complexity index is 2340. The maximum Gasteiger partial charge on any atom is 0.408 e. The molecule has 3 N–H and O–H groups in total. The molecule has 294 valence electrons. The first-order valence-electron chi connectivity index (χ1n) is 18.8. The minimum absolute atomic E-state index is 0.0767. The Morgan fingerprint density at radius 1 is 1.00 bits per heavy atom. The maximum atomic E-state index is 13.9. The second-order valence-electron chi connectivity index (χ2n) is 15.4. The molecular formula is C43H48N4O8S. The minimum Gasteiger partial charge on any atom is -0.507 e. The van der Waals surface area contributed by atoms with Crippen molar-refractivity contribution in [3.05, 3.63) is 142 Å². The molecular weight excluding hydrogens is 733 g/mol. The molecule has 3 aromatic carbocycles. The van der Waals surface area contributed by atoms with Gasteiger partial charge in [-0.05, 0) is 94.7 Å². The summed E-state index contributed by atoms with van der Waals surface area (Å²) in [6, 6.07) is 23.7. The summed E-state index contributed by atoms with van der Waals surface area (Å²) in [7, 11) is -3.96. The van der Waals surface area contributed by atoms with Crippen LogP contribution in [0.5, 0.6) is 5.75 Å². The van der Waals surface area contributed by atoms with Gasteiger partial charge in [0.25, 0.3) is 10.0 Å². The molecule has 2 amide bonds. The molecule has 0 spiro atoms.